The number of anilines is 1. The molecule has 0 aromatic heterocycles. The molecule has 0 radical (unpaired) electrons. The summed E-state index contributed by atoms with van der Waals surface area (Å²) < 4.78 is 32.0. The van der Waals surface area contributed by atoms with Crippen LogP contribution >= 0.6 is 12.6 Å². The fourth-order valence-electron chi connectivity index (χ4n) is 2.98. The fraction of sp³-hybridized carbons (Fsp3) is 0.364. The molecule has 0 saturated heterocycles. The highest BCUT2D eigenvalue weighted by atomic mass is 32.2. The minimum absolute atomic E-state index is 0.0257. The van der Waals surface area contributed by atoms with Gasteiger partial charge in [0.25, 0.3) is 10.1 Å². The third-order valence-electron chi connectivity index (χ3n) is 4.46. The zero-order valence-electron chi connectivity index (χ0n) is 18.9. The molecule has 10 heteroatoms. The molecular weight excluding hydrogens is 450 g/mol. The number of allylic oxidation sites excluding steroid dienone is 2. The van der Waals surface area contributed by atoms with Crippen molar-refractivity contribution in [1.29, 1.82) is 0 Å². The number of nitrogens with two attached hydrogens (primary N) is 1. The molecular formula is C22H31N3O5S2. The second-order valence-electron chi connectivity index (χ2n) is 6.49. The maximum atomic E-state index is 11.4. The first kappa shape index (κ1) is 27.5. The Balaban J connectivity index is 0.00000121. The van der Waals surface area contributed by atoms with Gasteiger partial charge in [0, 0.05) is 16.0 Å². The van der Waals surface area contributed by atoms with Crippen LogP contribution in [0.15, 0.2) is 61.3 Å². The van der Waals surface area contributed by atoms with Crippen LogP contribution in [0.5, 0.6) is 5.75 Å². The normalized spacial score (nSPS) is 14.3. The molecule has 1 aliphatic carbocycles. The number of fused-ring (bicyclic) bond motifs is 1. The van der Waals surface area contributed by atoms with E-state index >= 15 is 0 Å². The Kier molecular flexibility index (Phi) is 10.2. The first-order valence-corrected chi connectivity index (χ1v) is 12.2. The number of phenols is 1. The number of aliphatic hydroxyl groups is 1. The van der Waals surface area contributed by atoms with Crippen LogP contribution in [-0.4, -0.2) is 23.2 Å². The Morgan fingerprint density at radius 2 is 1.69 bits per heavy atom. The Morgan fingerprint density at radius 3 is 2.28 bits per heavy atom. The molecule has 0 bridgehead atoms. The van der Waals surface area contributed by atoms with Crippen LogP contribution in [0.3, 0.4) is 0 Å². The van der Waals surface area contributed by atoms with Crippen LogP contribution in [0.4, 0.5) is 11.4 Å². The second kappa shape index (κ2) is 11.9. The first-order chi connectivity index (χ1) is 15.1. The molecule has 8 nitrogen and oxygen atoms in total. The van der Waals surface area contributed by atoms with Crippen molar-refractivity contribution < 1.29 is 23.2 Å². The summed E-state index contributed by atoms with van der Waals surface area (Å²) in [5, 5.41) is 29.4. The fourth-order valence-corrected chi connectivity index (χ4v) is 3.82. The molecule has 2 aromatic carbocycles. The van der Waals surface area contributed by atoms with E-state index < -0.39 is 15.0 Å². The molecule has 0 unspecified atom stereocenters. The lowest BCUT2D eigenvalue weighted by molar-refractivity contribution is 0.412. The van der Waals surface area contributed by atoms with Crippen LogP contribution in [-0.2, 0) is 10.1 Å². The van der Waals surface area contributed by atoms with Gasteiger partial charge >= 0.3 is 0 Å². The van der Waals surface area contributed by atoms with Gasteiger partial charge in [0.2, 0.25) is 0 Å². The van der Waals surface area contributed by atoms with Crippen molar-refractivity contribution in [1.82, 2.24) is 0 Å². The number of phenolic OH excluding ortho intramolecular Hbond substituents is 1. The average molecular weight is 482 g/mol. The zero-order chi connectivity index (χ0) is 24.6. The number of aromatic hydroxyl groups is 1. The molecule has 32 heavy (non-hydrogen) atoms. The lowest BCUT2D eigenvalue weighted by Crippen LogP contribution is -2.00. The number of nitrogens with zero attached hydrogens (tertiary/aromatic N) is 2. The van der Waals surface area contributed by atoms with E-state index in [0.29, 0.717) is 5.70 Å². The van der Waals surface area contributed by atoms with E-state index in [1.54, 1.807) is 6.08 Å². The maximum Gasteiger partial charge on any atom is 0.294 e. The molecule has 2 aromatic rings. The minimum atomic E-state index is -4.46. The molecule has 0 heterocycles. The van der Waals surface area contributed by atoms with E-state index in [0.717, 1.165) is 30.9 Å². The standard InChI is InChI=1S/C18H19N3O5S2.2C2H6/c1-9-4-2-3-5-13(17(9)22)20-21-16-14(27)7-10-6-11(28(24,25)26)8-12(19)15(10)18(16)23;2*1-2/h5-8,22-23,27H,2-4,19H2,1H3,(H,24,25,26);2*1-2H3. The van der Waals surface area contributed by atoms with Gasteiger partial charge in [-0.2, -0.15) is 8.42 Å². The lowest BCUT2D eigenvalue weighted by atomic mass is 10.1. The largest absolute Gasteiger partial charge is 0.506 e. The van der Waals surface area contributed by atoms with Crippen molar-refractivity contribution in [2.75, 3.05) is 5.73 Å². The van der Waals surface area contributed by atoms with Gasteiger partial charge in [0.15, 0.2) is 5.75 Å². The third kappa shape index (κ3) is 6.24. The summed E-state index contributed by atoms with van der Waals surface area (Å²) in [6.45, 7) is 9.81. The van der Waals surface area contributed by atoms with Gasteiger partial charge in [-0.15, -0.1) is 22.9 Å². The number of azo groups is 1. The van der Waals surface area contributed by atoms with E-state index in [1.165, 1.54) is 12.1 Å². The highest BCUT2D eigenvalue weighted by molar-refractivity contribution is 7.85. The molecule has 0 fully saturated rings. The summed E-state index contributed by atoms with van der Waals surface area (Å²) in [7, 11) is -4.46. The second-order valence-corrected chi connectivity index (χ2v) is 8.39. The van der Waals surface area contributed by atoms with Gasteiger partial charge in [-0.05, 0) is 55.3 Å². The lowest BCUT2D eigenvalue weighted by Gasteiger charge is -2.11. The van der Waals surface area contributed by atoms with Gasteiger partial charge in [-0.25, -0.2) is 0 Å². The van der Waals surface area contributed by atoms with Crippen LogP contribution in [0.25, 0.3) is 10.8 Å². The quantitative estimate of drug-likeness (QED) is 0.143. The molecule has 0 atom stereocenters. The average Bonchev–Trinajstić information content (AvgIpc) is 2.90. The summed E-state index contributed by atoms with van der Waals surface area (Å²) in [6.07, 6.45) is 4.14. The van der Waals surface area contributed by atoms with Crippen molar-refractivity contribution in [3.8, 4) is 5.75 Å². The summed E-state index contributed by atoms with van der Waals surface area (Å²) >= 11 is 4.28. The predicted octanol–water partition coefficient (Wildman–Crippen LogP) is 6.70. The smallest absolute Gasteiger partial charge is 0.294 e. The molecule has 0 spiro atoms. The van der Waals surface area contributed by atoms with Crippen LogP contribution in [0.1, 0.15) is 53.9 Å². The summed E-state index contributed by atoms with van der Waals surface area (Å²) in [6, 6.07) is 3.68. The Labute approximate surface area is 194 Å². The van der Waals surface area contributed by atoms with Crippen molar-refractivity contribution >= 4 is 44.9 Å². The van der Waals surface area contributed by atoms with Crippen LogP contribution in [0, 0.1) is 0 Å². The van der Waals surface area contributed by atoms with E-state index in [4.69, 9.17) is 5.73 Å². The van der Waals surface area contributed by atoms with Crippen molar-refractivity contribution in [2.45, 2.75) is 63.7 Å². The van der Waals surface area contributed by atoms with Gasteiger partial charge in [-0.1, -0.05) is 33.8 Å². The monoisotopic (exact) mass is 481 g/mol. The molecule has 1 aliphatic rings. The van der Waals surface area contributed by atoms with E-state index in [-0.39, 0.29) is 38.6 Å². The molecule has 0 amide bonds. The molecule has 176 valence electrons. The molecule has 5 N–H and O–H groups in total. The topological polar surface area (TPSA) is 146 Å². The predicted molar refractivity (Wildman–Crippen MR) is 132 cm³/mol. The van der Waals surface area contributed by atoms with Gasteiger partial charge < -0.3 is 15.9 Å². The summed E-state index contributed by atoms with van der Waals surface area (Å²) in [5.74, 6) is -0.278. The number of hydrogen-bond acceptors (Lipinski definition) is 8. The number of benzene rings is 2. The van der Waals surface area contributed by atoms with E-state index in [2.05, 4.69) is 22.9 Å². The van der Waals surface area contributed by atoms with Crippen molar-refractivity contribution in [3.05, 3.63) is 41.3 Å². The molecule has 0 saturated carbocycles. The number of hydrogen-bond donors (Lipinski definition) is 5. The van der Waals surface area contributed by atoms with Crippen molar-refractivity contribution in [3.63, 3.8) is 0 Å². The number of nitrogen functional groups attached to an aromatic ring is 1. The van der Waals surface area contributed by atoms with Crippen LogP contribution < -0.4 is 5.73 Å². The third-order valence-corrected chi connectivity index (χ3v) is 5.64. The Hall–Kier alpha value is -2.56. The SMILES string of the molecule is CC.CC.CC1=C(O)C(N=Nc2c(S)cc3cc(S(=O)(=O)O)cc(N)c3c2O)=CCCC1. The highest BCUT2D eigenvalue weighted by Crippen LogP contribution is 2.44. The van der Waals surface area contributed by atoms with E-state index in [9.17, 15) is 23.2 Å². The van der Waals surface area contributed by atoms with Gasteiger partial charge in [0.1, 0.15) is 17.1 Å². The maximum absolute atomic E-state index is 11.4. The summed E-state index contributed by atoms with van der Waals surface area (Å²) in [4.78, 5) is -0.178. The Bertz CT molecular complexity index is 1170. The summed E-state index contributed by atoms with van der Waals surface area (Å²) in [5.41, 5.74) is 6.96. The number of rotatable bonds is 3. The Morgan fingerprint density at radius 1 is 1.06 bits per heavy atom. The highest BCUT2D eigenvalue weighted by Gasteiger charge is 2.18. The minimum Gasteiger partial charge on any atom is -0.506 e. The van der Waals surface area contributed by atoms with Gasteiger partial charge in [-0.3, -0.25) is 4.55 Å². The van der Waals surface area contributed by atoms with Gasteiger partial charge in [0.05, 0.1) is 4.90 Å². The number of thiol groups is 1. The molecule has 3 rings (SSSR count). The number of aliphatic hydroxyl groups excluding tert-OH is 1. The van der Waals surface area contributed by atoms with E-state index in [1.807, 2.05) is 34.6 Å². The van der Waals surface area contributed by atoms with Crippen LogP contribution in [0.2, 0.25) is 0 Å². The zero-order valence-corrected chi connectivity index (χ0v) is 20.6. The first-order valence-electron chi connectivity index (χ1n) is 10.4. The molecule has 0 aliphatic heterocycles. The van der Waals surface area contributed by atoms with Crippen molar-refractivity contribution in [2.24, 2.45) is 10.2 Å².